The van der Waals surface area contributed by atoms with Crippen LogP contribution in [0.4, 0.5) is 0 Å². The van der Waals surface area contributed by atoms with Gasteiger partial charge in [0.15, 0.2) is 0 Å². The summed E-state index contributed by atoms with van der Waals surface area (Å²) in [5.74, 6) is -0.422. The molecule has 1 aromatic heterocycles. The van der Waals surface area contributed by atoms with Crippen molar-refractivity contribution in [2.75, 3.05) is 20.1 Å². The monoisotopic (exact) mass is 235 g/mol. The predicted molar refractivity (Wildman–Crippen MR) is 62.6 cm³/mol. The molecule has 2 rings (SSSR count). The van der Waals surface area contributed by atoms with Gasteiger partial charge < -0.3 is 10.0 Å². The predicted octanol–water partition coefficient (Wildman–Crippen LogP) is 0.987. The fourth-order valence-electron chi connectivity index (χ4n) is 2.51. The molecule has 1 fully saturated rings. The average Bonchev–Trinajstić information content (AvgIpc) is 2.73. The molecule has 2 unspecified atom stereocenters. The number of nitrogens with zero attached hydrogens (tertiary/aromatic N) is 3. The molecule has 1 aliphatic heterocycles. The number of aliphatic carboxylic acids is 1. The van der Waals surface area contributed by atoms with Crippen molar-refractivity contribution < 1.29 is 9.90 Å². The first-order valence-corrected chi connectivity index (χ1v) is 5.84. The Balaban J connectivity index is 2.16. The Morgan fingerprint density at radius 2 is 2.53 bits per heavy atom. The van der Waals surface area contributed by atoms with E-state index in [2.05, 4.69) is 22.1 Å². The molecule has 5 heteroatoms. The summed E-state index contributed by atoms with van der Waals surface area (Å²) in [5, 5.41) is 16.9. The summed E-state index contributed by atoms with van der Waals surface area (Å²) in [6.07, 6.45) is 2.78. The number of aromatic nitrogens is 2. The van der Waals surface area contributed by atoms with Crippen LogP contribution in [0.25, 0.3) is 0 Å². The van der Waals surface area contributed by atoms with Gasteiger partial charge in [0.1, 0.15) is 0 Å². The maximum absolute atomic E-state index is 11.0. The molecule has 0 aliphatic carbocycles. The number of carboxylic acids is 1. The molecule has 1 aliphatic rings. The van der Waals surface area contributed by atoms with Crippen LogP contribution < -0.4 is 0 Å². The zero-order valence-electron chi connectivity index (χ0n) is 9.91. The van der Waals surface area contributed by atoms with Crippen molar-refractivity contribution >= 4 is 5.97 Å². The topological polar surface area (TPSA) is 66.3 Å². The molecule has 0 aromatic carbocycles. The van der Waals surface area contributed by atoms with Crippen molar-refractivity contribution in [3.8, 4) is 0 Å². The third-order valence-corrected chi connectivity index (χ3v) is 3.36. The van der Waals surface area contributed by atoms with E-state index in [0.717, 1.165) is 25.2 Å². The number of rotatable bonds is 4. The smallest absolute Gasteiger partial charge is 0.304 e. The molecule has 2 atom stereocenters. The molecule has 5 nitrogen and oxygen atoms in total. The zero-order valence-corrected chi connectivity index (χ0v) is 9.91. The van der Waals surface area contributed by atoms with E-state index < -0.39 is 5.97 Å². The van der Waals surface area contributed by atoms with Crippen molar-refractivity contribution in [2.45, 2.75) is 18.8 Å². The van der Waals surface area contributed by atoms with Crippen LogP contribution in [0, 0.1) is 5.92 Å². The van der Waals surface area contributed by atoms with E-state index in [1.54, 1.807) is 6.20 Å². The minimum Gasteiger partial charge on any atom is -0.481 e. The van der Waals surface area contributed by atoms with Gasteiger partial charge >= 0.3 is 5.97 Å². The summed E-state index contributed by atoms with van der Waals surface area (Å²) in [6.45, 7) is 1.97. The van der Waals surface area contributed by atoms with Gasteiger partial charge in [-0.2, -0.15) is 10.2 Å². The molecule has 17 heavy (non-hydrogen) atoms. The van der Waals surface area contributed by atoms with Crippen LogP contribution in [0.2, 0.25) is 0 Å². The van der Waals surface area contributed by atoms with Crippen molar-refractivity contribution in [1.82, 2.24) is 15.1 Å². The number of hydrogen-bond donors (Lipinski definition) is 1. The Kier molecular flexibility index (Phi) is 3.68. The number of likely N-dealkylation sites (tertiary alicyclic amines) is 1. The highest BCUT2D eigenvalue weighted by atomic mass is 16.4. The highest BCUT2D eigenvalue weighted by molar-refractivity contribution is 5.68. The standard InChI is InChI=1S/C12H17N3O2/c1-15-6-4-9(8-15)10(7-12(16)17)11-3-2-5-13-14-11/h2-3,5,9-10H,4,6-8H2,1H3,(H,16,17). The first-order chi connectivity index (χ1) is 8.16. The molecule has 0 bridgehead atoms. The molecule has 0 radical (unpaired) electrons. The second-order valence-electron chi connectivity index (χ2n) is 4.66. The molecule has 0 spiro atoms. The molecule has 0 saturated carbocycles. The van der Waals surface area contributed by atoms with Crippen LogP contribution >= 0.6 is 0 Å². The number of hydrogen-bond acceptors (Lipinski definition) is 4. The van der Waals surface area contributed by atoms with E-state index in [0.29, 0.717) is 5.92 Å². The van der Waals surface area contributed by atoms with Gasteiger partial charge in [0.05, 0.1) is 12.1 Å². The van der Waals surface area contributed by atoms with E-state index in [1.165, 1.54) is 0 Å². The molecule has 1 aromatic rings. The van der Waals surface area contributed by atoms with Crippen molar-refractivity contribution in [1.29, 1.82) is 0 Å². The molecular weight excluding hydrogens is 218 g/mol. The molecule has 1 saturated heterocycles. The van der Waals surface area contributed by atoms with Crippen LogP contribution in [0.15, 0.2) is 18.3 Å². The van der Waals surface area contributed by atoms with E-state index in [1.807, 2.05) is 12.1 Å². The second-order valence-corrected chi connectivity index (χ2v) is 4.66. The maximum Gasteiger partial charge on any atom is 0.304 e. The van der Waals surface area contributed by atoms with Crippen molar-refractivity contribution in [3.05, 3.63) is 24.0 Å². The van der Waals surface area contributed by atoms with Crippen LogP contribution in [0.1, 0.15) is 24.5 Å². The highest BCUT2D eigenvalue weighted by Gasteiger charge is 2.31. The lowest BCUT2D eigenvalue weighted by Crippen LogP contribution is -2.21. The van der Waals surface area contributed by atoms with Gasteiger partial charge in [-0.05, 0) is 38.1 Å². The molecule has 92 valence electrons. The third-order valence-electron chi connectivity index (χ3n) is 3.36. The van der Waals surface area contributed by atoms with Crippen molar-refractivity contribution in [2.24, 2.45) is 5.92 Å². The summed E-state index contributed by atoms with van der Waals surface area (Å²) in [4.78, 5) is 13.2. The van der Waals surface area contributed by atoms with Gasteiger partial charge in [-0.1, -0.05) is 0 Å². The SMILES string of the molecule is CN1CCC(C(CC(=O)O)c2cccnn2)C1. The summed E-state index contributed by atoms with van der Waals surface area (Å²) in [6, 6.07) is 3.69. The fourth-order valence-corrected chi connectivity index (χ4v) is 2.51. The quantitative estimate of drug-likeness (QED) is 0.843. The normalized spacial score (nSPS) is 22.5. The van der Waals surface area contributed by atoms with Gasteiger partial charge in [0.25, 0.3) is 0 Å². The van der Waals surface area contributed by atoms with Gasteiger partial charge in [-0.15, -0.1) is 0 Å². The largest absolute Gasteiger partial charge is 0.481 e. The summed E-state index contributed by atoms with van der Waals surface area (Å²) in [5.41, 5.74) is 0.801. The van der Waals surface area contributed by atoms with E-state index in [-0.39, 0.29) is 12.3 Å². The van der Waals surface area contributed by atoms with Crippen LogP contribution in [0.3, 0.4) is 0 Å². The zero-order chi connectivity index (χ0) is 12.3. The Hall–Kier alpha value is -1.49. The Bertz CT molecular complexity index is 383. The van der Waals surface area contributed by atoms with E-state index in [9.17, 15) is 4.79 Å². The lowest BCUT2D eigenvalue weighted by Gasteiger charge is -2.20. The Morgan fingerprint density at radius 1 is 1.71 bits per heavy atom. The second kappa shape index (κ2) is 5.23. The summed E-state index contributed by atoms with van der Waals surface area (Å²) in [7, 11) is 2.06. The molecule has 2 heterocycles. The first kappa shape index (κ1) is 12.0. The molecule has 1 N–H and O–H groups in total. The minimum absolute atomic E-state index is 0.0221. The van der Waals surface area contributed by atoms with Crippen molar-refractivity contribution in [3.63, 3.8) is 0 Å². The Morgan fingerprint density at radius 3 is 3.06 bits per heavy atom. The van der Waals surface area contributed by atoms with Crippen LogP contribution in [-0.2, 0) is 4.79 Å². The minimum atomic E-state index is -0.768. The van der Waals surface area contributed by atoms with Gasteiger partial charge in [-0.3, -0.25) is 4.79 Å². The average molecular weight is 235 g/mol. The summed E-state index contributed by atoms with van der Waals surface area (Å²) >= 11 is 0. The van der Waals surface area contributed by atoms with E-state index >= 15 is 0 Å². The fraction of sp³-hybridized carbons (Fsp3) is 0.583. The van der Waals surface area contributed by atoms with Crippen LogP contribution in [0.5, 0.6) is 0 Å². The molecular formula is C12H17N3O2. The third kappa shape index (κ3) is 3.00. The van der Waals surface area contributed by atoms with Gasteiger partial charge in [0, 0.05) is 18.7 Å². The number of carboxylic acid groups (broad SMARTS) is 1. The van der Waals surface area contributed by atoms with Gasteiger partial charge in [-0.25, -0.2) is 0 Å². The lowest BCUT2D eigenvalue weighted by atomic mass is 9.86. The lowest BCUT2D eigenvalue weighted by molar-refractivity contribution is -0.137. The summed E-state index contributed by atoms with van der Waals surface area (Å²) < 4.78 is 0. The number of carbonyl (C=O) groups is 1. The van der Waals surface area contributed by atoms with Crippen LogP contribution in [-0.4, -0.2) is 46.3 Å². The highest BCUT2D eigenvalue weighted by Crippen LogP contribution is 2.32. The van der Waals surface area contributed by atoms with Gasteiger partial charge in [0.2, 0.25) is 0 Å². The molecule has 0 amide bonds. The Labute approximate surface area is 100 Å². The first-order valence-electron chi connectivity index (χ1n) is 5.84. The van der Waals surface area contributed by atoms with E-state index in [4.69, 9.17) is 5.11 Å². The maximum atomic E-state index is 11.0.